The van der Waals surface area contributed by atoms with Crippen LogP contribution in [0.4, 0.5) is 0 Å². The molecule has 1 saturated carbocycles. The smallest absolute Gasteiger partial charge is 0.222 e. The van der Waals surface area contributed by atoms with E-state index in [9.17, 15) is 13.2 Å². The minimum atomic E-state index is -3.31. The fraction of sp³-hybridized carbons (Fsp3) is 0.938. The summed E-state index contributed by atoms with van der Waals surface area (Å²) in [5, 5.41) is 0. The summed E-state index contributed by atoms with van der Waals surface area (Å²) < 4.78 is 33.0. The second kappa shape index (κ2) is 6.69. The summed E-state index contributed by atoms with van der Waals surface area (Å²) in [4.78, 5) is 13.6. The Morgan fingerprint density at radius 3 is 2.52 bits per heavy atom. The molecule has 0 bridgehead atoms. The molecule has 0 aromatic carbocycles. The van der Waals surface area contributed by atoms with Crippen molar-refractivity contribution in [1.82, 2.24) is 9.21 Å². The molecule has 3 aliphatic rings. The van der Waals surface area contributed by atoms with Crippen LogP contribution in [-0.2, 0) is 19.6 Å². The van der Waals surface area contributed by atoms with E-state index in [2.05, 4.69) is 0 Å². The molecule has 6 nitrogen and oxygen atoms in total. The maximum Gasteiger partial charge on any atom is 0.222 e. The highest BCUT2D eigenvalue weighted by molar-refractivity contribution is 7.89. The second-order valence-corrected chi connectivity index (χ2v) is 9.09. The molecule has 1 unspecified atom stereocenters. The van der Waals surface area contributed by atoms with Crippen LogP contribution in [0.3, 0.4) is 0 Å². The third-order valence-electron chi connectivity index (χ3n) is 5.50. The molecule has 7 heteroatoms. The van der Waals surface area contributed by atoms with Crippen LogP contribution in [0.5, 0.6) is 0 Å². The number of carbonyl (C=O) groups excluding carboxylic acids is 1. The van der Waals surface area contributed by atoms with Crippen molar-refractivity contribution in [2.24, 2.45) is 0 Å². The van der Waals surface area contributed by atoms with E-state index >= 15 is 0 Å². The Kier molecular flexibility index (Phi) is 4.99. The summed E-state index contributed by atoms with van der Waals surface area (Å²) in [6.07, 6.45) is 6.26. The normalized spacial score (nSPS) is 28.6. The van der Waals surface area contributed by atoms with Gasteiger partial charge in [0.1, 0.15) is 0 Å². The van der Waals surface area contributed by atoms with Crippen molar-refractivity contribution in [3.63, 3.8) is 0 Å². The van der Waals surface area contributed by atoms with E-state index in [1.54, 1.807) is 9.21 Å². The Balaban J connectivity index is 1.56. The molecule has 3 fully saturated rings. The highest BCUT2D eigenvalue weighted by Crippen LogP contribution is 2.45. The summed E-state index contributed by atoms with van der Waals surface area (Å²) in [7, 11) is -3.31. The Hall–Kier alpha value is -0.660. The van der Waals surface area contributed by atoms with Crippen molar-refractivity contribution in [2.45, 2.75) is 63.6 Å². The van der Waals surface area contributed by atoms with Gasteiger partial charge in [0.15, 0.2) is 0 Å². The highest BCUT2D eigenvalue weighted by Gasteiger charge is 2.46. The maximum atomic E-state index is 12.7. The van der Waals surface area contributed by atoms with Gasteiger partial charge in [-0.3, -0.25) is 4.79 Å². The molecule has 3 rings (SSSR count). The van der Waals surface area contributed by atoms with Gasteiger partial charge in [-0.05, 0) is 38.5 Å². The van der Waals surface area contributed by atoms with Crippen molar-refractivity contribution in [1.29, 1.82) is 0 Å². The van der Waals surface area contributed by atoms with Crippen LogP contribution in [0, 0.1) is 0 Å². The Morgan fingerprint density at radius 1 is 1.13 bits per heavy atom. The molecule has 0 radical (unpaired) electrons. The predicted octanol–water partition coefficient (Wildman–Crippen LogP) is 1.36. The average molecular weight is 344 g/mol. The second-order valence-electron chi connectivity index (χ2n) is 7.08. The third-order valence-corrected chi connectivity index (χ3v) is 7.45. The molecular weight excluding hydrogens is 316 g/mol. The van der Waals surface area contributed by atoms with Gasteiger partial charge in [-0.2, -0.15) is 0 Å². The molecule has 23 heavy (non-hydrogen) atoms. The number of nitrogens with zero attached hydrogens (tertiary/aromatic N) is 2. The van der Waals surface area contributed by atoms with E-state index in [0.717, 1.165) is 25.7 Å². The Morgan fingerprint density at radius 2 is 1.91 bits per heavy atom. The van der Waals surface area contributed by atoms with Crippen LogP contribution in [0.25, 0.3) is 0 Å². The van der Waals surface area contributed by atoms with Crippen molar-refractivity contribution in [2.75, 3.05) is 31.9 Å². The molecule has 1 spiro atoms. The lowest BCUT2D eigenvalue weighted by Crippen LogP contribution is -2.42. The standard InChI is InChI=1S/C16H28N2O4S/c1-2-15(19)17-9-4-10-18(12-11-17)23(20,21)13-14-5-8-16(22-14)6-3-7-16/h14H,2-13H2,1H3. The SMILES string of the molecule is CCC(=O)N1CCCN(S(=O)(=O)CC2CCC3(CCC3)O2)CC1. The van der Waals surface area contributed by atoms with Gasteiger partial charge < -0.3 is 9.64 Å². The molecule has 132 valence electrons. The van der Waals surface area contributed by atoms with Crippen LogP contribution >= 0.6 is 0 Å². The van der Waals surface area contributed by atoms with Gasteiger partial charge in [-0.1, -0.05) is 6.92 Å². The quantitative estimate of drug-likeness (QED) is 0.772. The van der Waals surface area contributed by atoms with Gasteiger partial charge in [-0.15, -0.1) is 0 Å². The van der Waals surface area contributed by atoms with E-state index in [4.69, 9.17) is 4.74 Å². The monoisotopic (exact) mass is 344 g/mol. The first kappa shape index (κ1) is 17.2. The van der Waals surface area contributed by atoms with Crippen molar-refractivity contribution in [3.8, 4) is 0 Å². The summed E-state index contributed by atoms with van der Waals surface area (Å²) in [5.74, 6) is 0.200. The Bertz CT molecular complexity index is 544. The summed E-state index contributed by atoms with van der Waals surface area (Å²) in [6, 6.07) is 0. The van der Waals surface area contributed by atoms with Gasteiger partial charge in [0, 0.05) is 32.6 Å². The minimum Gasteiger partial charge on any atom is -0.371 e. The zero-order valence-electron chi connectivity index (χ0n) is 14.0. The van der Waals surface area contributed by atoms with E-state index in [0.29, 0.717) is 39.0 Å². The van der Waals surface area contributed by atoms with E-state index in [1.807, 2.05) is 6.92 Å². The molecule has 0 N–H and O–H groups in total. The molecule has 0 aromatic rings. The van der Waals surface area contributed by atoms with E-state index < -0.39 is 10.0 Å². The molecule has 2 heterocycles. The van der Waals surface area contributed by atoms with Crippen molar-refractivity contribution >= 4 is 15.9 Å². The maximum absolute atomic E-state index is 12.7. The van der Waals surface area contributed by atoms with Crippen LogP contribution in [0.2, 0.25) is 0 Å². The number of hydrogen-bond acceptors (Lipinski definition) is 4. The van der Waals surface area contributed by atoms with Crippen molar-refractivity contribution in [3.05, 3.63) is 0 Å². The third kappa shape index (κ3) is 3.72. The summed E-state index contributed by atoms with van der Waals surface area (Å²) in [6.45, 7) is 3.91. The Labute approximate surface area is 139 Å². The fourth-order valence-corrected chi connectivity index (χ4v) is 5.62. The van der Waals surface area contributed by atoms with Crippen molar-refractivity contribution < 1.29 is 17.9 Å². The zero-order chi connectivity index (χ0) is 16.5. The predicted molar refractivity (Wildman–Crippen MR) is 87.5 cm³/mol. The number of sulfonamides is 1. The summed E-state index contributed by atoms with van der Waals surface area (Å²) in [5.41, 5.74) is 0.00329. The molecule has 1 atom stereocenters. The number of amides is 1. The largest absolute Gasteiger partial charge is 0.371 e. The number of rotatable bonds is 4. The first-order valence-electron chi connectivity index (χ1n) is 8.87. The number of carbonyl (C=O) groups is 1. The highest BCUT2D eigenvalue weighted by atomic mass is 32.2. The summed E-state index contributed by atoms with van der Waals surface area (Å²) >= 11 is 0. The fourth-order valence-electron chi connectivity index (χ4n) is 3.94. The first-order valence-corrected chi connectivity index (χ1v) is 10.5. The molecular formula is C16H28N2O4S. The van der Waals surface area contributed by atoms with Gasteiger partial charge in [0.2, 0.25) is 15.9 Å². The van der Waals surface area contributed by atoms with Gasteiger partial charge in [0.25, 0.3) is 0 Å². The first-order chi connectivity index (χ1) is 10.9. The van der Waals surface area contributed by atoms with Gasteiger partial charge in [0.05, 0.1) is 17.5 Å². The molecule has 2 aliphatic heterocycles. The van der Waals surface area contributed by atoms with Gasteiger partial charge in [-0.25, -0.2) is 12.7 Å². The molecule has 2 saturated heterocycles. The molecule has 0 aromatic heterocycles. The molecule has 1 amide bonds. The average Bonchev–Trinajstić information content (AvgIpc) is 2.75. The van der Waals surface area contributed by atoms with E-state index in [1.165, 1.54) is 6.42 Å². The van der Waals surface area contributed by atoms with Crippen LogP contribution in [0.1, 0.15) is 51.9 Å². The number of hydrogen-bond donors (Lipinski definition) is 0. The minimum absolute atomic E-state index is 0.00329. The zero-order valence-corrected chi connectivity index (χ0v) is 14.8. The van der Waals surface area contributed by atoms with Crippen LogP contribution in [-0.4, -0.2) is 67.2 Å². The molecule has 1 aliphatic carbocycles. The van der Waals surface area contributed by atoms with Gasteiger partial charge >= 0.3 is 0 Å². The van der Waals surface area contributed by atoms with Crippen LogP contribution in [0.15, 0.2) is 0 Å². The lowest BCUT2D eigenvalue weighted by atomic mass is 9.78. The number of ether oxygens (including phenoxy) is 1. The lowest BCUT2D eigenvalue weighted by molar-refractivity contribution is -0.130. The van der Waals surface area contributed by atoms with E-state index in [-0.39, 0.29) is 23.4 Å². The topological polar surface area (TPSA) is 66.9 Å². The lowest BCUT2D eigenvalue weighted by Gasteiger charge is -2.38. The van der Waals surface area contributed by atoms with Crippen LogP contribution < -0.4 is 0 Å².